The van der Waals surface area contributed by atoms with Gasteiger partial charge in [0.2, 0.25) is 0 Å². The van der Waals surface area contributed by atoms with Crippen LogP contribution in [-0.4, -0.2) is 88.0 Å². The maximum absolute atomic E-state index is 12.3. The first kappa shape index (κ1) is 36.0. The molecule has 4 saturated carbocycles. The van der Waals surface area contributed by atoms with Crippen LogP contribution in [0.3, 0.4) is 0 Å². The molecule has 1 saturated heterocycles. The van der Waals surface area contributed by atoms with Crippen molar-refractivity contribution >= 4 is 11.9 Å². The molecule has 0 aromatic carbocycles. The minimum Gasteiger partial charge on any atom is -0.466 e. The molecule has 0 bridgehead atoms. The summed E-state index contributed by atoms with van der Waals surface area (Å²) in [6.07, 6.45) is 3.98. The number of ether oxygens (including phenoxy) is 4. The Balaban J connectivity index is 1.21. The summed E-state index contributed by atoms with van der Waals surface area (Å²) in [5, 5.41) is 45.1. The fourth-order valence-electron chi connectivity index (χ4n) is 11.1. The minimum atomic E-state index is -1.37. The van der Waals surface area contributed by atoms with Gasteiger partial charge in [0.1, 0.15) is 12.2 Å². The third kappa shape index (κ3) is 6.65. The Morgan fingerprint density at radius 1 is 0.957 bits per heavy atom. The van der Waals surface area contributed by atoms with E-state index in [9.17, 15) is 30.0 Å². The van der Waals surface area contributed by atoms with Crippen molar-refractivity contribution in [1.29, 1.82) is 0 Å². The molecule has 10 heteroatoms. The van der Waals surface area contributed by atoms with Crippen molar-refractivity contribution in [2.24, 2.45) is 46.3 Å². The zero-order valence-corrected chi connectivity index (χ0v) is 28.9. The summed E-state index contributed by atoms with van der Waals surface area (Å²) >= 11 is 0. The first-order valence-corrected chi connectivity index (χ1v) is 17.9. The van der Waals surface area contributed by atoms with Gasteiger partial charge >= 0.3 is 11.9 Å². The largest absolute Gasteiger partial charge is 0.466 e. The zero-order chi connectivity index (χ0) is 33.6. The van der Waals surface area contributed by atoms with E-state index in [1.165, 1.54) is 33.1 Å². The van der Waals surface area contributed by atoms with Gasteiger partial charge in [-0.1, -0.05) is 40.5 Å². The van der Waals surface area contributed by atoms with E-state index in [-0.39, 0.29) is 24.4 Å². The minimum absolute atomic E-state index is 0.143. The molecule has 0 spiro atoms. The van der Waals surface area contributed by atoms with Crippen LogP contribution >= 0.6 is 0 Å². The number of rotatable bonds is 10. The van der Waals surface area contributed by atoms with Crippen LogP contribution in [0, 0.1) is 46.3 Å². The number of carbonyl (C=O) groups is 2. The normalized spacial score (nSPS) is 46.7. The predicted molar refractivity (Wildman–Crippen MR) is 169 cm³/mol. The summed E-state index contributed by atoms with van der Waals surface area (Å²) in [7, 11) is 0. The standard InChI is InChI=1S/C36H60O10/c1-20(18-43-22(3)37)8-7-9-21(2)26-10-11-27-25-16-30(40)36(42)17-24(12-15-35(36,6)28(25)13-14-34(26,27)5)46-33-31(41)32(45-23(4)38)29(39)19-44-33/h20-21,24-33,39-42H,7-19H2,1-6H3/t20?,21-,24+,25?,26-,27?,28?,29?,30-,31?,32?,33?,34-,35-,36+/m1/s1. The highest BCUT2D eigenvalue weighted by molar-refractivity contribution is 5.66. The third-order valence-electron chi connectivity index (χ3n) is 13.6. The molecule has 10 nitrogen and oxygen atoms in total. The van der Waals surface area contributed by atoms with Crippen molar-refractivity contribution in [3.05, 3.63) is 0 Å². The number of fused-ring (bicyclic) bond motifs is 5. The highest BCUT2D eigenvalue weighted by Crippen LogP contribution is 2.69. The molecule has 0 aromatic heterocycles. The molecule has 0 amide bonds. The van der Waals surface area contributed by atoms with Gasteiger partial charge in [-0.2, -0.15) is 0 Å². The Kier molecular flexibility index (Phi) is 10.9. The van der Waals surface area contributed by atoms with Crippen molar-refractivity contribution in [2.45, 2.75) is 155 Å². The zero-order valence-electron chi connectivity index (χ0n) is 28.9. The Morgan fingerprint density at radius 3 is 2.39 bits per heavy atom. The molecule has 5 aliphatic rings. The van der Waals surface area contributed by atoms with Crippen LogP contribution in [0.2, 0.25) is 0 Å². The summed E-state index contributed by atoms with van der Waals surface area (Å²) in [6, 6.07) is 0. The summed E-state index contributed by atoms with van der Waals surface area (Å²) in [5.41, 5.74) is -1.55. The number of aliphatic hydroxyl groups excluding tert-OH is 3. The lowest BCUT2D eigenvalue weighted by atomic mass is 9.42. The topological polar surface area (TPSA) is 152 Å². The van der Waals surface area contributed by atoms with Crippen molar-refractivity contribution in [3.8, 4) is 0 Å². The average molecular weight is 653 g/mol. The Labute approximate surface area is 274 Å². The molecule has 264 valence electrons. The lowest BCUT2D eigenvalue weighted by Gasteiger charge is -2.65. The SMILES string of the molecule is CC(=O)OCC(C)CCC[C@@H](C)[C@H]1CCC2C3C[C@@H](O)[C@@]4(O)C[C@@H](OC5OCC(O)C(OC(C)=O)C5O)CC[C@]4(C)C3CC[C@@]21C. The van der Waals surface area contributed by atoms with Gasteiger partial charge in [0.15, 0.2) is 12.4 Å². The van der Waals surface area contributed by atoms with E-state index in [0.29, 0.717) is 61.4 Å². The fraction of sp³-hybridized carbons (Fsp3) is 0.944. The second kappa shape index (κ2) is 13.9. The van der Waals surface area contributed by atoms with Gasteiger partial charge in [-0.25, -0.2) is 0 Å². The molecule has 4 aliphatic carbocycles. The second-order valence-corrected chi connectivity index (χ2v) is 16.3. The number of esters is 2. The average Bonchev–Trinajstić information content (AvgIpc) is 3.34. The number of aliphatic hydroxyl groups is 4. The first-order valence-electron chi connectivity index (χ1n) is 17.9. The number of hydrogen-bond acceptors (Lipinski definition) is 10. The Hall–Kier alpha value is -1.30. The van der Waals surface area contributed by atoms with Crippen molar-refractivity contribution < 1.29 is 49.0 Å². The van der Waals surface area contributed by atoms with E-state index in [0.717, 1.165) is 25.7 Å². The molecule has 1 aliphatic heterocycles. The molecular formula is C36H60O10. The van der Waals surface area contributed by atoms with Crippen LogP contribution in [0.1, 0.15) is 112 Å². The van der Waals surface area contributed by atoms with Crippen molar-refractivity contribution in [2.75, 3.05) is 13.2 Å². The molecule has 4 N–H and O–H groups in total. The molecule has 0 aromatic rings. The monoisotopic (exact) mass is 652 g/mol. The molecule has 5 rings (SSSR count). The molecule has 0 radical (unpaired) electrons. The maximum atomic E-state index is 12.3. The van der Waals surface area contributed by atoms with Crippen LogP contribution in [-0.2, 0) is 28.5 Å². The first-order chi connectivity index (χ1) is 21.6. The lowest BCUT2D eigenvalue weighted by molar-refractivity contribution is -0.311. The molecule has 5 fully saturated rings. The van der Waals surface area contributed by atoms with Gasteiger partial charge in [-0.15, -0.1) is 0 Å². The maximum Gasteiger partial charge on any atom is 0.303 e. The summed E-state index contributed by atoms with van der Waals surface area (Å²) in [4.78, 5) is 22.7. The quantitative estimate of drug-likeness (QED) is 0.200. The van der Waals surface area contributed by atoms with Gasteiger partial charge in [0, 0.05) is 25.7 Å². The van der Waals surface area contributed by atoms with E-state index in [4.69, 9.17) is 18.9 Å². The van der Waals surface area contributed by atoms with E-state index in [1.54, 1.807) is 0 Å². The third-order valence-corrected chi connectivity index (χ3v) is 13.6. The Bertz CT molecular complexity index is 1090. The highest BCUT2D eigenvalue weighted by Gasteiger charge is 2.67. The van der Waals surface area contributed by atoms with E-state index in [1.807, 2.05) is 0 Å². The van der Waals surface area contributed by atoms with Crippen molar-refractivity contribution in [3.63, 3.8) is 0 Å². The smallest absolute Gasteiger partial charge is 0.303 e. The second-order valence-electron chi connectivity index (χ2n) is 16.3. The van der Waals surface area contributed by atoms with Gasteiger partial charge in [-0.3, -0.25) is 9.59 Å². The van der Waals surface area contributed by atoms with Crippen molar-refractivity contribution in [1.82, 2.24) is 0 Å². The molecule has 1 heterocycles. The van der Waals surface area contributed by atoms with Crippen LogP contribution in [0.15, 0.2) is 0 Å². The van der Waals surface area contributed by atoms with Gasteiger partial charge in [0.25, 0.3) is 0 Å². The van der Waals surface area contributed by atoms with Crippen LogP contribution < -0.4 is 0 Å². The molecular weight excluding hydrogens is 592 g/mol. The van der Waals surface area contributed by atoms with Crippen LogP contribution in [0.25, 0.3) is 0 Å². The summed E-state index contributed by atoms with van der Waals surface area (Å²) in [6.45, 7) is 12.3. The van der Waals surface area contributed by atoms with Gasteiger partial charge in [-0.05, 0) is 92.3 Å². The van der Waals surface area contributed by atoms with Crippen LogP contribution in [0.4, 0.5) is 0 Å². The predicted octanol–water partition coefficient (Wildman–Crippen LogP) is 4.13. The molecule has 15 atom stereocenters. The van der Waals surface area contributed by atoms with E-state index >= 15 is 0 Å². The van der Waals surface area contributed by atoms with Gasteiger partial charge < -0.3 is 39.4 Å². The van der Waals surface area contributed by atoms with E-state index < -0.39 is 53.8 Å². The van der Waals surface area contributed by atoms with Gasteiger partial charge in [0.05, 0.1) is 31.0 Å². The number of carbonyl (C=O) groups excluding carboxylic acids is 2. The van der Waals surface area contributed by atoms with Crippen LogP contribution in [0.5, 0.6) is 0 Å². The fourth-order valence-corrected chi connectivity index (χ4v) is 11.1. The summed E-state index contributed by atoms with van der Waals surface area (Å²) < 4.78 is 22.1. The van der Waals surface area contributed by atoms with E-state index in [2.05, 4.69) is 27.7 Å². The lowest BCUT2D eigenvalue weighted by Crippen LogP contribution is -2.69. The Morgan fingerprint density at radius 2 is 1.70 bits per heavy atom. The summed E-state index contributed by atoms with van der Waals surface area (Å²) in [5.74, 6) is 2.01. The highest BCUT2D eigenvalue weighted by atomic mass is 16.7. The molecule has 46 heavy (non-hydrogen) atoms. The molecule has 8 unspecified atom stereocenters. The number of hydrogen-bond donors (Lipinski definition) is 4.